The SMILES string of the molecule is C/C(=N\NC(=O)c1ccc(C(C)(C)C)cc1)c1ccc(NC(=O)c2cccs2)cc1. The number of carbonyl (C=O) groups is 2. The van der Waals surface area contributed by atoms with E-state index in [9.17, 15) is 9.59 Å². The largest absolute Gasteiger partial charge is 0.321 e. The summed E-state index contributed by atoms with van der Waals surface area (Å²) in [5.74, 6) is -0.387. The highest BCUT2D eigenvalue weighted by molar-refractivity contribution is 7.12. The molecule has 2 N–H and O–H groups in total. The molecule has 0 unspecified atom stereocenters. The zero-order valence-corrected chi connectivity index (χ0v) is 18.3. The molecule has 1 aromatic heterocycles. The van der Waals surface area contributed by atoms with Crippen molar-refractivity contribution in [2.45, 2.75) is 33.1 Å². The Kier molecular flexibility index (Phi) is 6.47. The molecular formula is C24H25N3O2S. The van der Waals surface area contributed by atoms with Crippen LogP contribution in [0.2, 0.25) is 0 Å². The summed E-state index contributed by atoms with van der Waals surface area (Å²) in [6, 6.07) is 18.5. The molecule has 0 aliphatic rings. The molecule has 0 radical (unpaired) electrons. The molecule has 154 valence electrons. The second kappa shape index (κ2) is 9.05. The van der Waals surface area contributed by atoms with Gasteiger partial charge in [0, 0.05) is 11.3 Å². The van der Waals surface area contributed by atoms with E-state index in [-0.39, 0.29) is 17.2 Å². The molecule has 0 spiro atoms. The van der Waals surface area contributed by atoms with Gasteiger partial charge in [0.1, 0.15) is 0 Å². The van der Waals surface area contributed by atoms with Gasteiger partial charge in [-0.3, -0.25) is 9.59 Å². The summed E-state index contributed by atoms with van der Waals surface area (Å²) in [5.41, 5.74) is 6.60. The Labute approximate surface area is 180 Å². The number of benzene rings is 2. The van der Waals surface area contributed by atoms with Crippen LogP contribution in [0.1, 0.15) is 58.9 Å². The predicted molar refractivity (Wildman–Crippen MR) is 124 cm³/mol. The normalized spacial score (nSPS) is 11.8. The van der Waals surface area contributed by atoms with Gasteiger partial charge in [-0.15, -0.1) is 11.3 Å². The predicted octanol–water partition coefficient (Wildman–Crippen LogP) is 5.45. The topological polar surface area (TPSA) is 70.6 Å². The minimum atomic E-state index is -0.255. The molecular weight excluding hydrogens is 394 g/mol. The fourth-order valence-electron chi connectivity index (χ4n) is 2.78. The quantitative estimate of drug-likeness (QED) is 0.426. The summed E-state index contributed by atoms with van der Waals surface area (Å²) in [6.45, 7) is 8.22. The zero-order valence-electron chi connectivity index (χ0n) is 17.5. The van der Waals surface area contributed by atoms with Gasteiger partial charge in [-0.05, 0) is 59.2 Å². The maximum atomic E-state index is 12.4. The number of hydrogen-bond acceptors (Lipinski definition) is 4. The van der Waals surface area contributed by atoms with Crippen LogP contribution < -0.4 is 10.7 Å². The summed E-state index contributed by atoms with van der Waals surface area (Å²) in [6.07, 6.45) is 0. The van der Waals surface area contributed by atoms with Crippen molar-refractivity contribution in [3.05, 3.63) is 87.6 Å². The molecule has 0 fully saturated rings. The van der Waals surface area contributed by atoms with Gasteiger partial charge in [0.25, 0.3) is 11.8 Å². The van der Waals surface area contributed by atoms with Gasteiger partial charge in [0.15, 0.2) is 0 Å². The van der Waals surface area contributed by atoms with Crippen LogP contribution in [0.4, 0.5) is 5.69 Å². The van der Waals surface area contributed by atoms with E-state index in [1.807, 2.05) is 66.9 Å². The molecule has 2 amide bonds. The summed E-state index contributed by atoms with van der Waals surface area (Å²) in [7, 11) is 0. The van der Waals surface area contributed by atoms with E-state index in [1.54, 1.807) is 6.07 Å². The van der Waals surface area contributed by atoms with Crippen molar-refractivity contribution >= 4 is 34.6 Å². The van der Waals surface area contributed by atoms with Gasteiger partial charge in [-0.25, -0.2) is 5.43 Å². The van der Waals surface area contributed by atoms with Crippen LogP contribution in [-0.2, 0) is 5.41 Å². The molecule has 3 rings (SSSR count). The van der Waals surface area contributed by atoms with Crippen molar-refractivity contribution in [1.82, 2.24) is 5.43 Å². The van der Waals surface area contributed by atoms with Crippen molar-refractivity contribution < 1.29 is 9.59 Å². The van der Waals surface area contributed by atoms with Gasteiger partial charge in [-0.1, -0.05) is 51.1 Å². The summed E-state index contributed by atoms with van der Waals surface area (Å²) in [4.78, 5) is 25.1. The molecule has 5 nitrogen and oxygen atoms in total. The number of thiophene rings is 1. The summed E-state index contributed by atoms with van der Waals surface area (Å²) >= 11 is 1.40. The number of hydrazone groups is 1. The van der Waals surface area contributed by atoms with Crippen molar-refractivity contribution in [2.75, 3.05) is 5.32 Å². The first-order chi connectivity index (χ1) is 14.2. The zero-order chi connectivity index (χ0) is 21.7. The average Bonchev–Trinajstić information content (AvgIpc) is 3.27. The molecule has 3 aromatic rings. The van der Waals surface area contributed by atoms with Gasteiger partial charge in [0.05, 0.1) is 10.6 Å². The number of rotatable bonds is 5. The number of hydrogen-bond donors (Lipinski definition) is 2. The van der Waals surface area contributed by atoms with Crippen LogP contribution in [0.5, 0.6) is 0 Å². The molecule has 0 bridgehead atoms. The molecule has 0 aliphatic heterocycles. The van der Waals surface area contributed by atoms with E-state index in [0.29, 0.717) is 21.8 Å². The van der Waals surface area contributed by atoms with E-state index >= 15 is 0 Å². The summed E-state index contributed by atoms with van der Waals surface area (Å²) in [5, 5.41) is 8.93. The van der Waals surface area contributed by atoms with E-state index in [4.69, 9.17) is 0 Å². The third-order valence-corrected chi connectivity index (χ3v) is 5.51. The number of nitrogens with zero attached hydrogens (tertiary/aromatic N) is 1. The van der Waals surface area contributed by atoms with Crippen LogP contribution >= 0.6 is 11.3 Å². The Balaban J connectivity index is 1.61. The lowest BCUT2D eigenvalue weighted by molar-refractivity contribution is 0.0954. The van der Waals surface area contributed by atoms with Crippen molar-refractivity contribution in [2.24, 2.45) is 5.10 Å². The number of nitrogens with one attached hydrogen (secondary N) is 2. The first-order valence-corrected chi connectivity index (χ1v) is 10.5. The highest BCUT2D eigenvalue weighted by atomic mass is 32.1. The van der Waals surface area contributed by atoms with Crippen LogP contribution in [0.15, 0.2) is 71.1 Å². The molecule has 6 heteroatoms. The fourth-order valence-corrected chi connectivity index (χ4v) is 3.40. The van der Waals surface area contributed by atoms with Gasteiger partial charge < -0.3 is 5.32 Å². The lowest BCUT2D eigenvalue weighted by Crippen LogP contribution is -2.20. The van der Waals surface area contributed by atoms with Crippen molar-refractivity contribution in [3.8, 4) is 0 Å². The maximum Gasteiger partial charge on any atom is 0.271 e. The van der Waals surface area contributed by atoms with E-state index in [0.717, 1.165) is 5.56 Å². The first-order valence-electron chi connectivity index (χ1n) is 9.64. The summed E-state index contributed by atoms with van der Waals surface area (Å²) < 4.78 is 0. The minimum absolute atomic E-state index is 0.0408. The number of carbonyl (C=O) groups excluding carboxylic acids is 2. The lowest BCUT2D eigenvalue weighted by Gasteiger charge is -2.18. The van der Waals surface area contributed by atoms with Gasteiger partial charge in [-0.2, -0.15) is 5.10 Å². The molecule has 0 aliphatic carbocycles. The Hall–Kier alpha value is -3.25. The Morgan fingerprint density at radius 3 is 2.07 bits per heavy atom. The van der Waals surface area contributed by atoms with Crippen molar-refractivity contribution in [3.63, 3.8) is 0 Å². The number of anilines is 1. The second-order valence-corrected chi connectivity index (χ2v) is 8.92. The second-order valence-electron chi connectivity index (χ2n) is 7.97. The smallest absolute Gasteiger partial charge is 0.271 e. The van der Waals surface area contributed by atoms with Crippen LogP contribution in [0.25, 0.3) is 0 Å². The molecule has 30 heavy (non-hydrogen) atoms. The van der Waals surface area contributed by atoms with Crippen LogP contribution in [0, 0.1) is 0 Å². The lowest BCUT2D eigenvalue weighted by atomic mass is 9.87. The molecule has 2 aromatic carbocycles. The third kappa shape index (κ3) is 5.42. The Morgan fingerprint density at radius 1 is 0.867 bits per heavy atom. The van der Waals surface area contributed by atoms with Gasteiger partial charge >= 0.3 is 0 Å². The minimum Gasteiger partial charge on any atom is -0.321 e. The van der Waals surface area contributed by atoms with Crippen LogP contribution in [0.3, 0.4) is 0 Å². The molecule has 0 atom stereocenters. The van der Waals surface area contributed by atoms with E-state index in [1.165, 1.54) is 16.9 Å². The van der Waals surface area contributed by atoms with Crippen LogP contribution in [-0.4, -0.2) is 17.5 Å². The Morgan fingerprint density at radius 2 is 1.50 bits per heavy atom. The Bertz CT molecular complexity index is 1050. The maximum absolute atomic E-state index is 12.4. The number of amides is 2. The van der Waals surface area contributed by atoms with Crippen molar-refractivity contribution in [1.29, 1.82) is 0 Å². The van der Waals surface area contributed by atoms with E-state index < -0.39 is 0 Å². The molecule has 0 saturated carbocycles. The molecule has 0 saturated heterocycles. The highest BCUT2D eigenvalue weighted by Crippen LogP contribution is 2.22. The monoisotopic (exact) mass is 419 g/mol. The van der Waals surface area contributed by atoms with E-state index in [2.05, 4.69) is 36.6 Å². The first kappa shape index (κ1) is 21.5. The molecule has 1 heterocycles. The fraction of sp³-hybridized carbons (Fsp3) is 0.208. The third-order valence-electron chi connectivity index (χ3n) is 4.64. The van der Waals surface area contributed by atoms with Gasteiger partial charge in [0.2, 0.25) is 0 Å². The average molecular weight is 420 g/mol. The standard InChI is InChI=1S/C24H25N3O2S/c1-16(26-27-22(28)18-7-11-19(12-8-18)24(2,3)4)17-9-13-20(14-10-17)25-23(29)21-6-5-15-30-21/h5-15H,1-4H3,(H,25,29)(H,27,28)/b26-16+. The highest BCUT2D eigenvalue weighted by Gasteiger charge is 2.14.